The molecule has 0 aliphatic carbocycles. The molecule has 1 aliphatic rings. The Morgan fingerprint density at radius 1 is 1.23 bits per heavy atom. The Labute approximate surface area is 153 Å². The quantitative estimate of drug-likeness (QED) is 0.780. The van der Waals surface area contributed by atoms with Crippen LogP contribution in [-0.2, 0) is 13.6 Å². The number of rotatable bonds is 3. The molecule has 4 rings (SSSR count). The Kier molecular flexibility index (Phi) is 4.41. The summed E-state index contributed by atoms with van der Waals surface area (Å²) < 4.78 is 4.11. The van der Waals surface area contributed by atoms with Crippen LogP contribution in [0.25, 0.3) is 10.9 Å². The van der Waals surface area contributed by atoms with Crippen molar-refractivity contribution in [1.29, 1.82) is 0 Å². The van der Waals surface area contributed by atoms with Gasteiger partial charge in [0.2, 0.25) is 0 Å². The maximum atomic E-state index is 12.7. The van der Waals surface area contributed by atoms with Crippen molar-refractivity contribution in [2.24, 2.45) is 7.05 Å². The molecule has 3 heterocycles. The third-order valence-electron chi connectivity index (χ3n) is 5.39. The number of amides is 2. The Bertz CT molecular complexity index is 917. The van der Waals surface area contributed by atoms with E-state index in [4.69, 9.17) is 0 Å². The van der Waals surface area contributed by atoms with E-state index in [1.165, 1.54) is 5.69 Å². The summed E-state index contributed by atoms with van der Waals surface area (Å²) in [5.74, 6) is 0.484. The second-order valence-corrected chi connectivity index (χ2v) is 6.93. The van der Waals surface area contributed by atoms with Gasteiger partial charge in [0.25, 0.3) is 0 Å². The zero-order chi connectivity index (χ0) is 18.1. The molecule has 6 heteroatoms. The fourth-order valence-corrected chi connectivity index (χ4v) is 3.98. The number of benzene rings is 1. The maximum Gasteiger partial charge on any atom is 0.321 e. The number of aromatic nitrogens is 3. The van der Waals surface area contributed by atoms with Gasteiger partial charge in [0.1, 0.15) is 0 Å². The molecule has 26 heavy (non-hydrogen) atoms. The van der Waals surface area contributed by atoms with Gasteiger partial charge in [-0.25, -0.2) is 4.79 Å². The number of carbonyl (C=O) groups is 1. The summed E-state index contributed by atoms with van der Waals surface area (Å²) >= 11 is 0. The standard InChI is InChI=1S/C20H25N5O/c1-3-25-18(7-11-21-25)15-9-13-24(14-10-15)20(26)22-17-6-4-5-16-8-12-23(2)19(16)17/h4-8,11-12,15H,3,9-10,13-14H2,1-2H3,(H,22,26). The van der Waals surface area contributed by atoms with Gasteiger partial charge in [-0.15, -0.1) is 0 Å². The molecule has 1 aliphatic heterocycles. The number of carbonyl (C=O) groups excluding carboxylic acids is 1. The van der Waals surface area contributed by atoms with E-state index in [9.17, 15) is 4.79 Å². The van der Waals surface area contributed by atoms with Crippen LogP contribution >= 0.6 is 0 Å². The summed E-state index contributed by atoms with van der Waals surface area (Å²) in [5.41, 5.74) is 3.22. The van der Waals surface area contributed by atoms with Crippen LogP contribution in [0.2, 0.25) is 0 Å². The Hall–Kier alpha value is -2.76. The summed E-state index contributed by atoms with van der Waals surface area (Å²) in [6.07, 6.45) is 5.85. The van der Waals surface area contributed by atoms with E-state index in [0.29, 0.717) is 5.92 Å². The van der Waals surface area contributed by atoms with Crippen molar-refractivity contribution in [3.8, 4) is 0 Å². The molecule has 2 aromatic heterocycles. The van der Waals surface area contributed by atoms with E-state index < -0.39 is 0 Å². The minimum absolute atomic E-state index is 0.0128. The van der Waals surface area contributed by atoms with Crippen molar-refractivity contribution in [2.45, 2.75) is 32.2 Å². The summed E-state index contributed by atoms with van der Waals surface area (Å²) in [6.45, 7) is 4.55. The van der Waals surface area contributed by atoms with Crippen molar-refractivity contribution in [2.75, 3.05) is 18.4 Å². The van der Waals surface area contributed by atoms with Crippen LogP contribution in [0.4, 0.5) is 10.5 Å². The van der Waals surface area contributed by atoms with Gasteiger partial charge in [-0.3, -0.25) is 4.68 Å². The Balaban J connectivity index is 1.43. The number of nitrogens with zero attached hydrogens (tertiary/aromatic N) is 4. The molecule has 0 atom stereocenters. The van der Waals surface area contributed by atoms with Crippen LogP contribution in [0, 0.1) is 0 Å². The third kappa shape index (κ3) is 2.96. The molecule has 0 bridgehead atoms. The minimum atomic E-state index is -0.0128. The molecule has 0 radical (unpaired) electrons. The molecule has 3 aromatic rings. The van der Waals surface area contributed by atoms with Crippen molar-refractivity contribution < 1.29 is 4.79 Å². The number of aryl methyl sites for hydroxylation is 2. The molecule has 136 valence electrons. The number of urea groups is 1. The fourth-order valence-electron chi connectivity index (χ4n) is 3.98. The first-order chi connectivity index (χ1) is 12.7. The largest absolute Gasteiger partial charge is 0.349 e. The van der Waals surface area contributed by atoms with Gasteiger partial charge >= 0.3 is 6.03 Å². The van der Waals surface area contributed by atoms with E-state index >= 15 is 0 Å². The Morgan fingerprint density at radius 2 is 2.04 bits per heavy atom. The first kappa shape index (κ1) is 16.7. The second-order valence-electron chi connectivity index (χ2n) is 6.93. The monoisotopic (exact) mass is 351 g/mol. The summed E-state index contributed by atoms with van der Waals surface area (Å²) in [5, 5.41) is 8.61. The molecule has 2 amide bonds. The summed E-state index contributed by atoms with van der Waals surface area (Å²) in [4.78, 5) is 14.7. The van der Waals surface area contributed by atoms with Crippen LogP contribution in [-0.4, -0.2) is 38.4 Å². The predicted molar refractivity (Wildman–Crippen MR) is 103 cm³/mol. The molecular weight excluding hydrogens is 326 g/mol. The molecule has 0 spiro atoms. The summed E-state index contributed by atoms with van der Waals surface area (Å²) in [7, 11) is 2.00. The van der Waals surface area contributed by atoms with Gasteiger partial charge in [-0.05, 0) is 38.0 Å². The van der Waals surface area contributed by atoms with Gasteiger partial charge in [-0.2, -0.15) is 5.10 Å². The highest BCUT2D eigenvalue weighted by molar-refractivity contribution is 6.00. The van der Waals surface area contributed by atoms with Crippen LogP contribution in [0.3, 0.4) is 0 Å². The first-order valence-electron chi connectivity index (χ1n) is 9.29. The number of anilines is 1. The smallest absolute Gasteiger partial charge is 0.321 e. The van der Waals surface area contributed by atoms with Crippen molar-refractivity contribution >= 4 is 22.6 Å². The molecule has 1 saturated heterocycles. The van der Waals surface area contributed by atoms with Crippen LogP contribution in [0.1, 0.15) is 31.4 Å². The van der Waals surface area contributed by atoms with Crippen molar-refractivity contribution in [3.63, 3.8) is 0 Å². The zero-order valence-electron chi connectivity index (χ0n) is 15.4. The van der Waals surface area contributed by atoms with Crippen molar-refractivity contribution in [3.05, 3.63) is 48.4 Å². The predicted octanol–water partition coefficient (Wildman–Crippen LogP) is 3.81. The number of fused-ring (bicyclic) bond motifs is 1. The summed E-state index contributed by atoms with van der Waals surface area (Å²) in [6, 6.07) is 10.2. The van der Waals surface area contributed by atoms with E-state index in [0.717, 1.165) is 49.1 Å². The molecule has 6 nitrogen and oxygen atoms in total. The third-order valence-corrected chi connectivity index (χ3v) is 5.39. The molecule has 1 N–H and O–H groups in total. The highest BCUT2D eigenvalue weighted by Gasteiger charge is 2.26. The number of hydrogen-bond acceptors (Lipinski definition) is 2. The number of piperidine rings is 1. The minimum Gasteiger partial charge on any atom is -0.349 e. The number of likely N-dealkylation sites (tertiary alicyclic amines) is 1. The highest BCUT2D eigenvalue weighted by atomic mass is 16.2. The van der Waals surface area contributed by atoms with Crippen LogP contribution < -0.4 is 5.32 Å². The number of nitrogens with one attached hydrogen (secondary N) is 1. The van der Waals surface area contributed by atoms with Gasteiger partial charge in [0, 0.05) is 56.1 Å². The molecule has 0 saturated carbocycles. The van der Waals surface area contributed by atoms with E-state index in [-0.39, 0.29) is 6.03 Å². The van der Waals surface area contributed by atoms with E-state index in [1.54, 1.807) is 0 Å². The number of para-hydroxylation sites is 1. The topological polar surface area (TPSA) is 55.1 Å². The van der Waals surface area contributed by atoms with E-state index in [1.807, 2.05) is 41.0 Å². The SMILES string of the molecule is CCn1nccc1C1CCN(C(=O)Nc2cccc3ccn(C)c23)CC1. The van der Waals surface area contributed by atoms with Gasteiger partial charge in [-0.1, -0.05) is 12.1 Å². The number of hydrogen-bond donors (Lipinski definition) is 1. The fraction of sp³-hybridized carbons (Fsp3) is 0.400. The molecule has 1 fully saturated rings. The van der Waals surface area contributed by atoms with E-state index in [2.05, 4.69) is 40.2 Å². The second kappa shape index (κ2) is 6.86. The zero-order valence-corrected chi connectivity index (χ0v) is 15.4. The highest BCUT2D eigenvalue weighted by Crippen LogP contribution is 2.29. The first-order valence-corrected chi connectivity index (χ1v) is 9.29. The lowest BCUT2D eigenvalue weighted by Gasteiger charge is -2.32. The average molecular weight is 351 g/mol. The normalized spacial score (nSPS) is 15.5. The van der Waals surface area contributed by atoms with Gasteiger partial charge < -0.3 is 14.8 Å². The molecule has 1 aromatic carbocycles. The molecule has 0 unspecified atom stereocenters. The van der Waals surface area contributed by atoms with Crippen LogP contribution in [0.5, 0.6) is 0 Å². The van der Waals surface area contributed by atoms with Gasteiger partial charge in [0.05, 0.1) is 11.2 Å². The lowest BCUT2D eigenvalue weighted by molar-refractivity contribution is 0.193. The van der Waals surface area contributed by atoms with Crippen LogP contribution in [0.15, 0.2) is 42.7 Å². The lowest BCUT2D eigenvalue weighted by Crippen LogP contribution is -2.40. The van der Waals surface area contributed by atoms with Crippen molar-refractivity contribution in [1.82, 2.24) is 19.2 Å². The lowest BCUT2D eigenvalue weighted by atomic mass is 9.93. The van der Waals surface area contributed by atoms with Gasteiger partial charge in [0.15, 0.2) is 0 Å². The Morgan fingerprint density at radius 3 is 2.81 bits per heavy atom. The molecular formula is C20H25N5O. The maximum absolute atomic E-state index is 12.7. The average Bonchev–Trinajstić information content (AvgIpc) is 3.29.